The van der Waals surface area contributed by atoms with Gasteiger partial charge in [0.15, 0.2) is 23.3 Å². The SMILES string of the molecule is c1ccc(-c2ccc(-c3cc(-c4cccc(-c5ccc6c7ccc8c(c9ccccc9n8-c8ccc9ccc(-c%10nc(-c%11ccccc%11)nc(-c%11ccc(-c%12ccccc%12)cc%11)n%10)cc9c8)c7n(-c7ccccc7)c6c5)c4)nc(-c4ccc5cc(-n6c7ccccc7c7c6ccc6c8ccccc8n(-c8ccccc8)c67)ccc5c4)n3)cc2)cc1. The molecule has 558 valence electrons. The summed E-state index contributed by atoms with van der Waals surface area (Å²) in [6.45, 7) is 0. The summed E-state index contributed by atoms with van der Waals surface area (Å²) in [7, 11) is 0. The first kappa shape index (κ1) is 68.2. The standard InChI is InChI=1S/C111H69N9/c1-6-23-70(24-7-1)72-41-46-75(47-42-72)96-69-97(113-110(112-96)83-52-50-80-66-88(57-54-79(80)64-83)117-99-39-20-17-36-94(99)104-101(117)61-59-92-90-35-16-19-38-98(90)119(106(92)104)86-31-12-4-13-32-86)82-30-22-29-78(63-82)81-55-58-91-93-60-62-102-105(107(93)120(103(91)68-81)87-33-14-5-15-34-87)95-37-18-21-40-100(95)118(102)89-56-53-74-45-51-84(65-85(74)67-89)111-115-108(76-27-10-3-11-28-76)114-109(116-111)77-48-43-73(44-49-77)71-25-8-2-9-26-71/h1-69H. The minimum atomic E-state index is 0.606. The van der Waals surface area contributed by atoms with E-state index in [1.165, 1.54) is 48.7 Å². The molecule has 0 saturated carbocycles. The van der Waals surface area contributed by atoms with E-state index in [0.29, 0.717) is 23.3 Å². The Morgan fingerprint density at radius 1 is 0.150 bits per heavy atom. The Morgan fingerprint density at radius 2 is 0.500 bits per heavy atom. The average Bonchev–Trinajstić information content (AvgIpc) is 1.55. The van der Waals surface area contributed by atoms with Crippen molar-refractivity contribution in [3.63, 3.8) is 0 Å². The number of rotatable bonds is 13. The van der Waals surface area contributed by atoms with Gasteiger partial charge in [0.1, 0.15) is 0 Å². The summed E-state index contributed by atoms with van der Waals surface area (Å²) < 4.78 is 9.80. The maximum absolute atomic E-state index is 5.55. The molecule has 0 bridgehead atoms. The van der Waals surface area contributed by atoms with E-state index in [1.807, 2.05) is 24.3 Å². The van der Waals surface area contributed by atoms with Crippen LogP contribution in [0.15, 0.2) is 419 Å². The van der Waals surface area contributed by atoms with Crippen molar-refractivity contribution in [1.82, 2.24) is 43.2 Å². The normalized spacial score (nSPS) is 11.8. The van der Waals surface area contributed by atoms with Crippen LogP contribution in [0.4, 0.5) is 0 Å². The third kappa shape index (κ3) is 11.3. The van der Waals surface area contributed by atoms with E-state index in [4.69, 9.17) is 24.9 Å². The van der Waals surface area contributed by atoms with Gasteiger partial charge in [0.2, 0.25) is 0 Å². The van der Waals surface area contributed by atoms with E-state index in [9.17, 15) is 0 Å². The molecule has 0 aliphatic heterocycles. The van der Waals surface area contributed by atoms with Crippen molar-refractivity contribution < 1.29 is 0 Å². The van der Waals surface area contributed by atoms with Crippen molar-refractivity contribution in [1.29, 1.82) is 0 Å². The molecule has 0 saturated heterocycles. The van der Waals surface area contributed by atoms with Crippen molar-refractivity contribution in [3.05, 3.63) is 419 Å². The molecule has 9 heteroatoms. The van der Waals surface area contributed by atoms with Gasteiger partial charge in [-0.05, 0) is 164 Å². The largest absolute Gasteiger partial charge is 0.309 e. The van der Waals surface area contributed by atoms with Gasteiger partial charge in [0.05, 0.1) is 55.5 Å². The lowest BCUT2D eigenvalue weighted by Crippen LogP contribution is -2.00. The van der Waals surface area contributed by atoms with Gasteiger partial charge in [0.25, 0.3) is 0 Å². The highest BCUT2D eigenvalue weighted by Crippen LogP contribution is 2.47. The van der Waals surface area contributed by atoms with E-state index in [0.717, 1.165) is 161 Å². The van der Waals surface area contributed by atoms with Gasteiger partial charge in [-0.15, -0.1) is 0 Å². The van der Waals surface area contributed by atoms with E-state index in [2.05, 4.69) is 413 Å². The lowest BCUT2D eigenvalue weighted by molar-refractivity contribution is 1.07. The van der Waals surface area contributed by atoms with Gasteiger partial charge in [-0.2, -0.15) is 0 Å². The van der Waals surface area contributed by atoms with Crippen LogP contribution in [0.25, 0.3) is 233 Å². The molecule has 6 aromatic heterocycles. The van der Waals surface area contributed by atoms with Crippen LogP contribution < -0.4 is 0 Å². The molecule has 0 atom stereocenters. The number of nitrogens with zero attached hydrogens (tertiary/aromatic N) is 9. The minimum Gasteiger partial charge on any atom is -0.309 e. The molecule has 6 heterocycles. The van der Waals surface area contributed by atoms with Crippen molar-refractivity contribution in [2.75, 3.05) is 0 Å². The lowest BCUT2D eigenvalue weighted by Gasteiger charge is -2.13. The molecule has 0 N–H and O–H groups in total. The second-order valence-electron chi connectivity index (χ2n) is 31.1. The Balaban J connectivity index is 0.608. The van der Waals surface area contributed by atoms with Gasteiger partial charge < -0.3 is 18.3 Å². The summed E-state index contributed by atoms with van der Waals surface area (Å²) in [5.41, 5.74) is 27.6. The van der Waals surface area contributed by atoms with Gasteiger partial charge in [0, 0.05) is 99.2 Å². The zero-order valence-electron chi connectivity index (χ0n) is 64.9. The fraction of sp³-hybridized carbons (Fsp3) is 0. The third-order valence-corrected chi connectivity index (χ3v) is 24.2. The summed E-state index contributed by atoms with van der Waals surface area (Å²) in [5, 5.41) is 14.0. The Hall–Kier alpha value is -16.2. The fourth-order valence-electron chi connectivity index (χ4n) is 18.5. The first-order valence-corrected chi connectivity index (χ1v) is 40.8. The molecule has 0 radical (unpaired) electrons. The number of hydrogen-bond donors (Lipinski definition) is 0. The molecule has 120 heavy (non-hydrogen) atoms. The van der Waals surface area contributed by atoms with Gasteiger partial charge >= 0.3 is 0 Å². The summed E-state index contributed by atoms with van der Waals surface area (Å²) in [6.07, 6.45) is 0. The first-order chi connectivity index (χ1) is 59.5. The number of para-hydroxylation sites is 5. The van der Waals surface area contributed by atoms with Crippen molar-refractivity contribution in [3.8, 4) is 124 Å². The van der Waals surface area contributed by atoms with Crippen LogP contribution in [-0.2, 0) is 0 Å². The molecule has 9 nitrogen and oxygen atoms in total. The average molecular weight is 1530 g/mol. The molecule has 0 aliphatic rings. The topological polar surface area (TPSA) is 84.2 Å². The van der Waals surface area contributed by atoms with Crippen LogP contribution in [0.2, 0.25) is 0 Å². The Kier molecular flexibility index (Phi) is 15.8. The van der Waals surface area contributed by atoms with Crippen molar-refractivity contribution >= 4 is 109 Å². The van der Waals surface area contributed by atoms with Crippen LogP contribution in [-0.4, -0.2) is 43.2 Å². The van der Waals surface area contributed by atoms with Crippen molar-refractivity contribution in [2.24, 2.45) is 0 Å². The number of hydrogen-bond acceptors (Lipinski definition) is 5. The summed E-state index contributed by atoms with van der Waals surface area (Å²) >= 11 is 0. The zero-order chi connectivity index (χ0) is 78.9. The maximum atomic E-state index is 5.55. The van der Waals surface area contributed by atoms with Crippen LogP contribution >= 0.6 is 0 Å². The predicted molar refractivity (Wildman–Crippen MR) is 497 cm³/mol. The highest BCUT2D eigenvalue weighted by Gasteiger charge is 2.26. The van der Waals surface area contributed by atoms with Crippen LogP contribution in [0.1, 0.15) is 0 Å². The Morgan fingerprint density at radius 3 is 1.07 bits per heavy atom. The summed E-state index contributed by atoms with van der Waals surface area (Å²) in [6, 6.07) is 151. The second kappa shape index (κ2) is 27.8. The van der Waals surface area contributed by atoms with E-state index < -0.39 is 0 Å². The van der Waals surface area contributed by atoms with E-state index >= 15 is 0 Å². The highest BCUT2D eigenvalue weighted by molar-refractivity contribution is 6.28. The van der Waals surface area contributed by atoms with Gasteiger partial charge in [-0.3, -0.25) is 0 Å². The molecule has 0 amide bonds. The second-order valence-corrected chi connectivity index (χ2v) is 31.1. The molecule has 24 aromatic rings. The zero-order valence-corrected chi connectivity index (χ0v) is 64.9. The molecule has 24 rings (SSSR count). The van der Waals surface area contributed by atoms with Gasteiger partial charge in [-0.25, -0.2) is 24.9 Å². The quantitative estimate of drug-likeness (QED) is 0.115. The molecule has 0 spiro atoms. The number of fused-ring (bicyclic) bond motifs is 16. The monoisotopic (exact) mass is 1530 g/mol. The molecule has 0 aliphatic carbocycles. The minimum absolute atomic E-state index is 0.606. The summed E-state index contributed by atoms with van der Waals surface area (Å²) in [4.78, 5) is 26.5. The Bertz CT molecular complexity index is 8230. The maximum Gasteiger partial charge on any atom is 0.164 e. The van der Waals surface area contributed by atoms with Crippen LogP contribution in [0, 0.1) is 0 Å². The van der Waals surface area contributed by atoms with E-state index in [-0.39, 0.29) is 0 Å². The number of benzene rings is 18. The van der Waals surface area contributed by atoms with Crippen molar-refractivity contribution in [2.45, 2.75) is 0 Å². The third-order valence-electron chi connectivity index (χ3n) is 24.2. The number of aromatic nitrogens is 9. The van der Waals surface area contributed by atoms with Crippen LogP contribution in [0.3, 0.4) is 0 Å². The Labute approximate surface area is 690 Å². The molecule has 0 unspecified atom stereocenters. The molecular weight excluding hydrogens is 1460 g/mol. The predicted octanol–water partition coefficient (Wildman–Crippen LogP) is 28.4. The molecule has 0 fully saturated rings. The highest BCUT2D eigenvalue weighted by atomic mass is 15.0. The lowest BCUT2D eigenvalue weighted by atomic mass is 9.98. The van der Waals surface area contributed by atoms with Crippen LogP contribution in [0.5, 0.6) is 0 Å². The first-order valence-electron chi connectivity index (χ1n) is 40.8. The fourth-order valence-corrected chi connectivity index (χ4v) is 18.5. The summed E-state index contributed by atoms with van der Waals surface area (Å²) in [5.74, 6) is 2.49. The van der Waals surface area contributed by atoms with Gasteiger partial charge in [-0.1, -0.05) is 309 Å². The smallest absolute Gasteiger partial charge is 0.164 e. The molecule has 18 aromatic carbocycles. The van der Waals surface area contributed by atoms with E-state index in [1.54, 1.807) is 0 Å². The molecular formula is C111H69N9.